The fraction of sp³-hybridized carbons (Fsp3) is 0.182. The summed E-state index contributed by atoms with van der Waals surface area (Å²) in [5, 5.41) is 46.8. The Kier molecular flexibility index (Phi) is 8.56. The Morgan fingerprint density at radius 2 is 1.98 bits per heavy atom. The Hall–Kier alpha value is -5.57. The van der Waals surface area contributed by atoms with E-state index >= 15 is 0 Å². The first-order valence-electron chi connectivity index (χ1n) is 11.5. The number of non-ortho nitro benzene ring substituents is 1. The Morgan fingerprint density at radius 3 is 2.56 bits per heavy atom. The summed E-state index contributed by atoms with van der Waals surface area (Å²) in [5.41, 5.74) is 2.86. The molecule has 2 amide bonds. The summed E-state index contributed by atoms with van der Waals surface area (Å²) < 4.78 is 13.1. The first-order chi connectivity index (χ1) is 20.3. The number of oxime groups is 1. The molecule has 0 spiro atoms. The zero-order chi connectivity index (χ0) is 31.6. The van der Waals surface area contributed by atoms with Crippen LogP contribution < -0.4 is 11.1 Å². The number of nitrogens with zero attached hydrogens (tertiary/aromatic N) is 5. The molecule has 1 saturated heterocycles. The number of nitrogen functional groups attached to an aromatic ring is 1. The quantitative estimate of drug-likeness (QED) is 0.108. The number of nitrogens with one attached hydrogen (secondary N) is 1. The molecule has 0 bridgehead atoms. The van der Waals surface area contributed by atoms with Crippen LogP contribution in [0.2, 0.25) is 0 Å². The number of nitrogens with two attached hydrogens (primary N) is 1. The molecule has 3 heterocycles. The third kappa shape index (κ3) is 6.20. The maximum atomic E-state index is 13.1. The Labute approximate surface area is 244 Å². The van der Waals surface area contributed by atoms with Gasteiger partial charge in [0.15, 0.2) is 10.8 Å². The number of nitro benzene ring substituents is 2. The number of allylic oxidation sites excluding steroid dienone is 1. The number of rotatable bonds is 11. The number of thiazole rings is 1. The van der Waals surface area contributed by atoms with Gasteiger partial charge >= 0.3 is 11.9 Å². The van der Waals surface area contributed by atoms with Crippen LogP contribution in [0.25, 0.3) is 6.08 Å². The van der Waals surface area contributed by atoms with Gasteiger partial charge in [0.25, 0.3) is 23.2 Å². The second kappa shape index (κ2) is 12.1. The predicted octanol–water partition coefficient (Wildman–Crippen LogP) is -0.185. The summed E-state index contributed by atoms with van der Waals surface area (Å²) in [7, 11) is -2.00. The number of fused-ring (bicyclic) bond motifs is 1. The summed E-state index contributed by atoms with van der Waals surface area (Å²) in [6, 6.07) is 1.32. The molecule has 0 radical (unpaired) electrons. The highest BCUT2D eigenvalue weighted by atomic mass is 32.2. The van der Waals surface area contributed by atoms with E-state index in [1.807, 2.05) is 0 Å². The highest BCUT2D eigenvalue weighted by molar-refractivity contribution is 7.86. The molecule has 2 aliphatic rings. The zero-order valence-corrected chi connectivity index (χ0v) is 22.8. The van der Waals surface area contributed by atoms with E-state index in [0.717, 1.165) is 41.7 Å². The van der Waals surface area contributed by atoms with E-state index in [2.05, 4.69) is 20.3 Å². The van der Waals surface area contributed by atoms with Gasteiger partial charge in [0.1, 0.15) is 22.8 Å². The lowest BCUT2D eigenvalue weighted by Gasteiger charge is -2.48. The van der Waals surface area contributed by atoms with Crippen molar-refractivity contribution in [1.82, 2.24) is 15.2 Å². The minimum atomic E-state index is -2.00. The zero-order valence-electron chi connectivity index (χ0n) is 21.1. The molecular formula is C22H17N7O12S2. The average Bonchev–Trinajstić information content (AvgIpc) is 3.37. The van der Waals surface area contributed by atoms with Crippen LogP contribution in [-0.4, -0.2) is 87.4 Å². The summed E-state index contributed by atoms with van der Waals surface area (Å²) in [6.07, 6.45) is 2.20. The van der Waals surface area contributed by atoms with Crippen molar-refractivity contribution in [3.63, 3.8) is 0 Å². The van der Waals surface area contributed by atoms with Crippen molar-refractivity contribution >= 4 is 74.2 Å². The molecule has 19 nitrogen and oxygen atoms in total. The van der Waals surface area contributed by atoms with Gasteiger partial charge in [-0.15, -0.1) is 11.3 Å². The number of benzene rings is 1. The van der Waals surface area contributed by atoms with Crippen LogP contribution >= 0.6 is 11.3 Å². The van der Waals surface area contributed by atoms with Crippen molar-refractivity contribution in [3.05, 3.63) is 72.4 Å². The van der Waals surface area contributed by atoms with E-state index < -0.39 is 91.0 Å². The molecule has 1 aromatic carbocycles. The summed E-state index contributed by atoms with van der Waals surface area (Å²) in [4.78, 5) is 78.9. The molecule has 224 valence electrons. The molecule has 1 fully saturated rings. The van der Waals surface area contributed by atoms with Crippen LogP contribution in [0.5, 0.6) is 0 Å². The molecule has 43 heavy (non-hydrogen) atoms. The van der Waals surface area contributed by atoms with Crippen molar-refractivity contribution in [3.8, 4) is 0 Å². The Balaban J connectivity index is 1.61. The number of hydrogen-bond acceptors (Lipinski definition) is 14. The number of anilines is 1. The molecule has 3 atom stereocenters. The molecule has 21 heteroatoms. The van der Waals surface area contributed by atoms with Gasteiger partial charge in [0.2, 0.25) is 6.61 Å². The van der Waals surface area contributed by atoms with Gasteiger partial charge in [0, 0.05) is 11.4 Å². The van der Waals surface area contributed by atoms with E-state index in [0.29, 0.717) is 4.90 Å². The lowest BCUT2D eigenvalue weighted by molar-refractivity contribution is -0.394. The fourth-order valence-corrected chi connectivity index (χ4v) is 6.22. The molecule has 2 unspecified atom stereocenters. The molecule has 2 aliphatic heterocycles. The lowest BCUT2D eigenvalue weighted by Crippen LogP contribution is -2.74. The van der Waals surface area contributed by atoms with Crippen LogP contribution in [0.3, 0.4) is 0 Å². The topological polar surface area (TPSA) is 288 Å². The van der Waals surface area contributed by atoms with Gasteiger partial charge < -0.3 is 26.1 Å². The summed E-state index contributed by atoms with van der Waals surface area (Å²) >= 11 is 0.924. The lowest BCUT2D eigenvalue weighted by atomic mass is 10.0. The number of aromatic nitrogens is 1. The van der Waals surface area contributed by atoms with Crippen molar-refractivity contribution < 1.29 is 48.3 Å². The van der Waals surface area contributed by atoms with Crippen LogP contribution in [0.1, 0.15) is 11.3 Å². The Morgan fingerprint density at radius 1 is 1.26 bits per heavy atom. The first kappa shape index (κ1) is 30.4. The number of carbonyl (C=O) groups is 4. The van der Waals surface area contributed by atoms with E-state index in [-0.39, 0.29) is 22.0 Å². The van der Waals surface area contributed by atoms with Crippen molar-refractivity contribution in [1.29, 1.82) is 0 Å². The van der Waals surface area contributed by atoms with E-state index in [4.69, 9.17) is 10.8 Å². The predicted molar refractivity (Wildman–Crippen MR) is 146 cm³/mol. The number of carbonyl (C=O) groups excluding carboxylic acids is 2. The smallest absolute Gasteiger partial charge is 0.352 e. The van der Waals surface area contributed by atoms with Gasteiger partial charge in [0.05, 0.1) is 38.0 Å². The molecule has 2 aromatic rings. The minimum absolute atomic E-state index is 0.0314. The summed E-state index contributed by atoms with van der Waals surface area (Å²) in [5.74, 6) is -5.47. The second-order valence-electron chi connectivity index (χ2n) is 8.52. The van der Waals surface area contributed by atoms with Crippen molar-refractivity contribution in [2.45, 2.75) is 11.4 Å². The van der Waals surface area contributed by atoms with Gasteiger partial charge in [-0.3, -0.25) is 38.9 Å². The Bertz CT molecular complexity index is 1700. The normalized spacial score (nSPS) is 19.9. The third-order valence-electron chi connectivity index (χ3n) is 5.85. The highest BCUT2D eigenvalue weighted by Gasteiger charge is 2.57. The van der Waals surface area contributed by atoms with E-state index in [9.17, 15) is 48.7 Å². The second-order valence-corrected chi connectivity index (χ2v) is 10.9. The van der Waals surface area contributed by atoms with E-state index in [1.165, 1.54) is 5.38 Å². The van der Waals surface area contributed by atoms with Gasteiger partial charge in [-0.2, -0.15) is 0 Å². The van der Waals surface area contributed by atoms with Gasteiger partial charge in [-0.05, 0) is 17.7 Å². The van der Waals surface area contributed by atoms with Crippen LogP contribution in [-0.2, 0) is 34.8 Å². The first-order valence-corrected chi connectivity index (χ1v) is 13.8. The van der Waals surface area contributed by atoms with Crippen molar-refractivity contribution in [2.75, 3.05) is 18.1 Å². The maximum absolute atomic E-state index is 13.1. The van der Waals surface area contributed by atoms with Crippen LogP contribution in [0.4, 0.5) is 16.5 Å². The summed E-state index contributed by atoms with van der Waals surface area (Å²) in [6.45, 7) is -0.911. The van der Waals surface area contributed by atoms with E-state index in [1.54, 1.807) is 0 Å². The number of carboxylic acids is 2. The molecular weight excluding hydrogens is 618 g/mol. The maximum Gasteiger partial charge on any atom is 0.352 e. The molecule has 0 aliphatic carbocycles. The molecule has 1 aromatic heterocycles. The fourth-order valence-electron chi connectivity index (χ4n) is 4.03. The number of nitro groups is 2. The standard InChI is InChI=1S/C22H17N7O12S2/c23-22-24-12(7-42-22)15(26-41-6-14(30)31)18(32)25-16-19(33)27-17(21(34)35)10(8-43(40)20(16)27)2-1-9-3-4-11(28(36)37)5-13(9)29(38)39/h1-5,7,16,20H,6,8H2,(H2,23,24)(H,25,32)(H,30,31)(H,34,35)/t16?,20-,43?/m1/s1. The third-order valence-corrected chi connectivity index (χ3v) is 8.14. The number of aliphatic carboxylic acids is 2. The van der Waals surface area contributed by atoms with Gasteiger partial charge in [-0.25, -0.2) is 14.6 Å². The highest BCUT2D eigenvalue weighted by Crippen LogP contribution is 2.36. The SMILES string of the molecule is Nc1nc(C(=NOCC(=O)O)C(=O)NC2C(=O)N3C(C(=O)O)=C(C=Cc4ccc([N+](=O)[O-])cc4[N+](=O)[O-])CS(=O)[C@H]23)cs1. The molecule has 5 N–H and O–H groups in total. The van der Waals surface area contributed by atoms with Crippen LogP contribution in [0.15, 0.2) is 46.1 Å². The minimum Gasteiger partial charge on any atom is -0.479 e. The van der Waals surface area contributed by atoms with Crippen molar-refractivity contribution in [2.24, 2.45) is 5.16 Å². The monoisotopic (exact) mass is 635 g/mol. The number of carboxylic acid groups (broad SMARTS) is 2. The molecule has 4 rings (SSSR count). The molecule has 0 saturated carbocycles. The van der Waals surface area contributed by atoms with Crippen LogP contribution in [0, 0.1) is 20.2 Å². The van der Waals surface area contributed by atoms with Gasteiger partial charge in [-0.1, -0.05) is 11.2 Å². The number of amides is 2. The number of hydrogen-bond donors (Lipinski definition) is 4. The largest absolute Gasteiger partial charge is 0.479 e. The number of β-lactam (4-membered cyclic amide) rings is 1. The average molecular weight is 636 g/mol.